The van der Waals surface area contributed by atoms with Crippen LogP contribution in [0.4, 0.5) is 0 Å². The van der Waals surface area contributed by atoms with Crippen LogP contribution in [0.25, 0.3) is 0 Å². The lowest BCUT2D eigenvalue weighted by molar-refractivity contribution is 0.119. The average Bonchev–Trinajstić information content (AvgIpc) is 3.32. The fraction of sp³-hybridized carbons (Fsp3) is 0.632. The third kappa shape index (κ3) is 5.77. The topological polar surface area (TPSA) is 75.8 Å². The molecule has 0 aliphatic heterocycles. The van der Waals surface area contributed by atoms with Crippen LogP contribution in [0, 0.1) is 0 Å². The van der Waals surface area contributed by atoms with Crippen LogP contribution in [0.1, 0.15) is 67.8 Å². The highest BCUT2D eigenvalue weighted by atomic mass is 32.1. The second-order valence-electron chi connectivity index (χ2n) is 6.54. The number of rotatable bonds is 9. The summed E-state index contributed by atoms with van der Waals surface area (Å²) in [6.45, 7) is 7.57. The number of methoxy groups -OCH3 is 1. The van der Waals surface area contributed by atoms with Crippen molar-refractivity contribution >= 4 is 17.3 Å². The number of thiazole rings is 1. The summed E-state index contributed by atoms with van der Waals surface area (Å²) in [6.07, 6.45) is 2.15. The van der Waals surface area contributed by atoms with E-state index in [0.717, 1.165) is 41.0 Å². The highest BCUT2D eigenvalue weighted by molar-refractivity contribution is 7.09. The van der Waals surface area contributed by atoms with Gasteiger partial charge < -0.3 is 19.5 Å². The third-order valence-corrected chi connectivity index (χ3v) is 5.70. The minimum Gasteiger partial charge on any atom is -0.375 e. The van der Waals surface area contributed by atoms with Gasteiger partial charge in [-0.15, -0.1) is 11.3 Å². The zero-order valence-corrected chi connectivity index (χ0v) is 18.0. The largest absolute Gasteiger partial charge is 0.375 e. The molecule has 0 amide bonds. The standard InChI is InChI=1S/C19H31N5O2S/c1-7-14(8-2)17-9-16(26-23-17)10-21-19(20-4)24(5)11-15-12-27-18(22-15)13(3)25-6/h9,12-14H,7-8,10-11H2,1-6H3,(H,20,21). The highest BCUT2D eigenvalue weighted by Crippen LogP contribution is 2.23. The summed E-state index contributed by atoms with van der Waals surface area (Å²) in [5, 5.41) is 10.6. The van der Waals surface area contributed by atoms with Crippen molar-refractivity contribution in [3.8, 4) is 0 Å². The van der Waals surface area contributed by atoms with Crippen molar-refractivity contribution in [3.05, 3.63) is 33.6 Å². The molecule has 0 bridgehead atoms. The SMILES string of the molecule is CCC(CC)c1cc(CNC(=NC)N(C)Cc2csc(C(C)OC)n2)on1. The van der Waals surface area contributed by atoms with E-state index in [1.165, 1.54) is 0 Å². The Morgan fingerprint density at radius 1 is 1.41 bits per heavy atom. The Bertz CT molecular complexity index is 723. The van der Waals surface area contributed by atoms with Crippen molar-refractivity contribution < 1.29 is 9.26 Å². The average molecular weight is 394 g/mol. The second-order valence-corrected chi connectivity index (χ2v) is 7.43. The lowest BCUT2D eigenvalue weighted by Gasteiger charge is -2.20. The zero-order chi connectivity index (χ0) is 19.8. The molecule has 0 radical (unpaired) electrons. The summed E-state index contributed by atoms with van der Waals surface area (Å²) < 4.78 is 10.8. The Morgan fingerprint density at radius 2 is 2.15 bits per heavy atom. The van der Waals surface area contributed by atoms with E-state index in [-0.39, 0.29) is 6.10 Å². The maximum atomic E-state index is 5.47. The first kappa shape index (κ1) is 21.4. The number of hydrogen-bond acceptors (Lipinski definition) is 6. The summed E-state index contributed by atoms with van der Waals surface area (Å²) in [4.78, 5) is 11.0. The summed E-state index contributed by atoms with van der Waals surface area (Å²) in [5.41, 5.74) is 2.03. The van der Waals surface area contributed by atoms with Crippen LogP contribution in [0.15, 0.2) is 21.0 Å². The molecule has 0 fully saturated rings. The summed E-state index contributed by atoms with van der Waals surface area (Å²) >= 11 is 1.62. The van der Waals surface area contributed by atoms with Crippen LogP contribution in [-0.2, 0) is 17.8 Å². The monoisotopic (exact) mass is 393 g/mol. The molecule has 0 saturated heterocycles. The molecule has 1 unspecified atom stereocenters. The van der Waals surface area contributed by atoms with Gasteiger partial charge in [-0.05, 0) is 19.8 Å². The quantitative estimate of drug-likeness (QED) is 0.513. The van der Waals surface area contributed by atoms with E-state index in [0.29, 0.717) is 19.0 Å². The van der Waals surface area contributed by atoms with Crippen LogP contribution >= 0.6 is 11.3 Å². The number of aliphatic imine (C=N–C) groups is 1. The molecule has 8 heteroatoms. The van der Waals surface area contributed by atoms with Gasteiger partial charge in [0.05, 0.1) is 24.5 Å². The van der Waals surface area contributed by atoms with Gasteiger partial charge in [0.15, 0.2) is 11.7 Å². The van der Waals surface area contributed by atoms with Gasteiger partial charge in [-0.25, -0.2) is 4.98 Å². The molecule has 2 aromatic rings. The van der Waals surface area contributed by atoms with Crippen LogP contribution in [-0.4, -0.2) is 42.2 Å². The van der Waals surface area contributed by atoms with Gasteiger partial charge in [0.25, 0.3) is 0 Å². The number of nitrogens with one attached hydrogen (secondary N) is 1. The van der Waals surface area contributed by atoms with E-state index >= 15 is 0 Å². The highest BCUT2D eigenvalue weighted by Gasteiger charge is 2.15. The maximum Gasteiger partial charge on any atom is 0.194 e. The van der Waals surface area contributed by atoms with Crippen molar-refractivity contribution in [2.24, 2.45) is 4.99 Å². The Kier molecular flexibility index (Phi) is 8.24. The van der Waals surface area contributed by atoms with Gasteiger partial charge in [0, 0.05) is 38.6 Å². The molecule has 2 rings (SSSR count). The van der Waals surface area contributed by atoms with Gasteiger partial charge in [0.2, 0.25) is 0 Å². The van der Waals surface area contributed by atoms with Crippen molar-refractivity contribution in [1.29, 1.82) is 0 Å². The molecule has 0 aliphatic rings. The number of guanidine groups is 1. The normalized spacial score (nSPS) is 13.2. The fourth-order valence-electron chi connectivity index (χ4n) is 2.86. The molecule has 0 saturated carbocycles. The van der Waals surface area contributed by atoms with Crippen molar-refractivity contribution in [2.75, 3.05) is 21.2 Å². The Hall–Kier alpha value is -1.93. The van der Waals surface area contributed by atoms with E-state index in [2.05, 4.69) is 39.7 Å². The summed E-state index contributed by atoms with van der Waals surface area (Å²) in [6, 6.07) is 2.04. The Morgan fingerprint density at radius 3 is 2.78 bits per heavy atom. The Labute approximate surface area is 165 Å². The molecule has 2 aromatic heterocycles. The van der Waals surface area contributed by atoms with Crippen LogP contribution in [0.5, 0.6) is 0 Å². The molecule has 1 atom stereocenters. The van der Waals surface area contributed by atoms with Gasteiger partial charge >= 0.3 is 0 Å². The van der Waals surface area contributed by atoms with Crippen molar-refractivity contribution in [3.63, 3.8) is 0 Å². The molecule has 150 valence electrons. The minimum absolute atomic E-state index is 0.0159. The molecule has 7 nitrogen and oxygen atoms in total. The van der Waals surface area contributed by atoms with Gasteiger partial charge in [-0.1, -0.05) is 19.0 Å². The lowest BCUT2D eigenvalue weighted by Crippen LogP contribution is -2.38. The van der Waals surface area contributed by atoms with Crippen molar-refractivity contribution in [1.82, 2.24) is 20.4 Å². The maximum absolute atomic E-state index is 5.47. The van der Waals surface area contributed by atoms with Gasteiger partial charge in [-0.3, -0.25) is 4.99 Å². The summed E-state index contributed by atoms with van der Waals surface area (Å²) in [7, 11) is 5.46. The van der Waals surface area contributed by atoms with Gasteiger partial charge in [-0.2, -0.15) is 0 Å². The van der Waals surface area contributed by atoms with E-state index in [1.807, 2.05) is 24.9 Å². The first-order valence-electron chi connectivity index (χ1n) is 9.36. The van der Waals surface area contributed by atoms with Gasteiger partial charge in [0.1, 0.15) is 11.1 Å². The van der Waals surface area contributed by atoms with Crippen molar-refractivity contribution in [2.45, 2.75) is 58.7 Å². The number of aromatic nitrogens is 2. The molecule has 0 aromatic carbocycles. The molecule has 1 N–H and O–H groups in total. The van der Waals surface area contributed by atoms with Crippen LogP contribution in [0.2, 0.25) is 0 Å². The lowest BCUT2D eigenvalue weighted by atomic mass is 9.99. The van der Waals surface area contributed by atoms with Crippen LogP contribution < -0.4 is 5.32 Å². The molecule has 27 heavy (non-hydrogen) atoms. The molecular weight excluding hydrogens is 362 g/mol. The van der Waals surface area contributed by atoms with E-state index in [9.17, 15) is 0 Å². The number of hydrogen-bond donors (Lipinski definition) is 1. The predicted octanol–water partition coefficient (Wildman–Crippen LogP) is 3.95. The number of ether oxygens (including phenoxy) is 1. The van der Waals surface area contributed by atoms with E-state index in [1.54, 1.807) is 25.5 Å². The zero-order valence-electron chi connectivity index (χ0n) is 17.2. The second kappa shape index (κ2) is 10.4. The number of nitrogens with zero attached hydrogens (tertiary/aromatic N) is 4. The van der Waals surface area contributed by atoms with E-state index < -0.39 is 0 Å². The first-order valence-corrected chi connectivity index (χ1v) is 10.2. The molecular formula is C19H31N5O2S. The molecule has 0 spiro atoms. The first-order chi connectivity index (χ1) is 13.0. The molecule has 2 heterocycles. The Balaban J connectivity index is 1.92. The smallest absolute Gasteiger partial charge is 0.194 e. The fourth-order valence-corrected chi connectivity index (χ4v) is 3.71. The van der Waals surface area contributed by atoms with E-state index in [4.69, 9.17) is 9.26 Å². The predicted molar refractivity (Wildman–Crippen MR) is 109 cm³/mol. The molecule has 0 aliphatic carbocycles. The summed E-state index contributed by atoms with van der Waals surface area (Å²) in [5.74, 6) is 2.05. The van der Waals surface area contributed by atoms with Crippen LogP contribution in [0.3, 0.4) is 0 Å². The third-order valence-electron chi connectivity index (χ3n) is 4.65. The minimum atomic E-state index is 0.0159.